The average Bonchev–Trinajstić information content (AvgIpc) is 2.72. The predicted molar refractivity (Wildman–Crippen MR) is 129 cm³/mol. The minimum absolute atomic E-state index is 0.0154. The molecule has 1 aromatic rings. The number of ether oxygens (including phenoxy) is 3. The molecule has 2 amide bonds. The van der Waals surface area contributed by atoms with Gasteiger partial charge < -0.3 is 28.9 Å². The van der Waals surface area contributed by atoms with Gasteiger partial charge in [-0.3, -0.25) is 4.79 Å². The summed E-state index contributed by atoms with van der Waals surface area (Å²) in [7, 11) is 0. The molecule has 5 rings (SSSR count). The maximum atomic E-state index is 12.9. The number of amides is 2. The van der Waals surface area contributed by atoms with Crippen molar-refractivity contribution in [1.82, 2.24) is 9.80 Å². The molecule has 8 nitrogen and oxygen atoms in total. The quantitative estimate of drug-likeness (QED) is 0.644. The van der Waals surface area contributed by atoms with Crippen LogP contribution in [-0.2, 0) is 14.3 Å². The van der Waals surface area contributed by atoms with Gasteiger partial charge in [0.05, 0.1) is 36.6 Å². The standard InChI is InChI=1S/C25H34ClN3O5/c1-25(2,3)34-19-13-28(14-19)20-5-4-6-22(23(20)26)33-18-11-29(12-18)24(31)27-8-7-21-16(10-27)9-17(30)15-32-21/h4-6,16,18-19,21H,7-15H2,1-3H3/t16-,21+/m1/s1. The number of carbonyl (C=O) groups is 2. The first-order chi connectivity index (χ1) is 16.2. The molecule has 9 heteroatoms. The Hall–Kier alpha value is -2.03. The molecule has 4 fully saturated rings. The third-order valence-electron chi connectivity index (χ3n) is 6.95. The van der Waals surface area contributed by atoms with Crippen molar-refractivity contribution in [2.75, 3.05) is 50.8 Å². The van der Waals surface area contributed by atoms with Crippen molar-refractivity contribution in [3.8, 4) is 5.75 Å². The van der Waals surface area contributed by atoms with E-state index in [0.29, 0.717) is 43.4 Å². The van der Waals surface area contributed by atoms with Crippen molar-refractivity contribution in [2.24, 2.45) is 5.92 Å². The monoisotopic (exact) mass is 491 g/mol. The van der Waals surface area contributed by atoms with Crippen LogP contribution >= 0.6 is 11.6 Å². The van der Waals surface area contributed by atoms with E-state index < -0.39 is 0 Å². The number of rotatable bonds is 4. The Morgan fingerprint density at radius 1 is 1.09 bits per heavy atom. The van der Waals surface area contributed by atoms with Crippen molar-refractivity contribution in [3.05, 3.63) is 23.2 Å². The van der Waals surface area contributed by atoms with Gasteiger partial charge in [-0.1, -0.05) is 17.7 Å². The molecule has 4 saturated heterocycles. The summed E-state index contributed by atoms with van der Waals surface area (Å²) >= 11 is 6.68. The molecule has 4 aliphatic heterocycles. The molecule has 0 unspecified atom stereocenters. The summed E-state index contributed by atoms with van der Waals surface area (Å²) in [6.07, 6.45) is 1.52. The lowest BCUT2D eigenvalue weighted by Gasteiger charge is -2.46. The van der Waals surface area contributed by atoms with Gasteiger partial charge in [-0.2, -0.15) is 0 Å². The number of fused-ring (bicyclic) bond motifs is 1. The second kappa shape index (κ2) is 9.21. The number of benzene rings is 1. The Morgan fingerprint density at radius 3 is 2.59 bits per heavy atom. The van der Waals surface area contributed by atoms with Crippen LogP contribution in [0.4, 0.5) is 10.5 Å². The number of carbonyl (C=O) groups excluding carboxylic acids is 2. The van der Waals surface area contributed by atoms with Gasteiger partial charge in [0.2, 0.25) is 0 Å². The summed E-state index contributed by atoms with van der Waals surface area (Å²) in [4.78, 5) is 30.5. The predicted octanol–water partition coefficient (Wildman–Crippen LogP) is 3.21. The SMILES string of the molecule is CC(C)(C)OC1CN(c2cccc(OC3CN(C(=O)N4CC[C@@H]5OCC(=O)C[C@@H]5C4)C3)c2Cl)C1. The Morgan fingerprint density at radius 2 is 1.85 bits per heavy atom. The Labute approximate surface area is 206 Å². The normalized spacial score (nSPS) is 26.1. The fraction of sp³-hybridized carbons (Fsp3) is 0.680. The first kappa shape index (κ1) is 23.7. The molecule has 0 bridgehead atoms. The van der Waals surface area contributed by atoms with Crippen LogP contribution < -0.4 is 9.64 Å². The molecule has 2 atom stereocenters. The molecular formula is C25H34ClN3O5. The van der Waals surface area contributed by atoms with Crippen LogP contribution in [0.5, 0.6) is 5.75 Å². The van der Waals surface area contributed by atoms with Gasteiger partial charge in [-0.25, -0.2) is 4.79 Å². The number of likely N-dealkylation sites (tertiary alicyclic amines) is 2. The number of piperidine rings is 1. The number of urea groups is 1. The maximum Gasteiger partial charge on any atom is 0.320 e. The number of ketones is 1. The zero-order valence-corrected chi connectivity index (χ0v) is 20.9. The van der Waals surface area contributed by atoms with E-state index in [2.05, 4.69) is 25.7 Å². The van der Waals surface area contributed by atoms with Crippen LogP contribution in [0.15, 0.2) is 18.2 Å². The second-order valence-corrected chi connectivity index (χ2v) is 11.2. The van der Waals surface area contributed by atoms with Crippen LogP contribution in [0.2, 0.25) is 5.02 Å². The Bertz CT molecular complexity index is 939. The van der Waals surface area contributed by atoms with Crippen LogP contribution in [0, 0.1) is 5.92 Å². The summed E-state index contributed by atoms with van der Waals surface area (Å²) in [6.45, 7) is 10.3. The van der Waals surface area contributed by atoms with E-state index in [-0.39, 0.29) is 48.3 Å². The van der Waals surface area contributed by atoms with Gasteiger partial charge in [0.25, 0.3) is 0 Å². The smallest absolute Gasteiger partial charge is 0.320 e. The van der Waals surface area contributed by atoms with Crippen LogP contribution in [0.25, 0.3) is 0 Å². The van der Waals surface area contributed by atoms with E-state index in [4.69, 9.17) is 25.8 Å². The van der Waals surface area contributed by atoms with Crippen LogP contribution in [0.3, 0.4) is 0 Å². The van der Waals surface area contributed by atoms with Gasteiger partial charge in [0, 0.05) is 38.5 Å². The van der Waals surface area contributed by atoms with Crippen LogP contribution in [0.1, 0.15) is 33.6 Å². The van der Waals surface area contributed by atoms with E-state index in [1.165, 1.54) is 0 Å². The fourth-order valence-electron chi connectivity index (χ4n) is 5.24. The first-order valence-electron chi connectivity index (χ1n) is 12.2. The van der Waals surface area contributed by atoms with Gasteiger partial charge in [0.1, 0.15) is 23.5 Å². The molecule has 0 aliphatic carbocycles. The van der Waals surface area contributed by atoms with E-state index >= 15 is 0 Å². The summed E-state index contributed by atoms with van der Waals surface area (Å²) in [5, 5.41) is 0.602. The lowest BCUT2D eigenvalue weighted by molar-refractivity contribution is -0.140. The molecule has 0 spiro atoms. The average molecular weight is 492 g/mol. The zero-order chi connectivity index (χ0) is 24.0. The van der Waals surface area contributed by atoms with Gasteiger partial charge in [-0.15, -0.1) is 0 Å². The van der Waals surface area contributed by atoms with Gasteiger partial charge in [0.15, 0.2) is 5.78 Å². The van der Waals surface area contributed by atoms with Crippen LogP contribution in [-0.4, -0.2) is 91.4 Å². The molecule has 4 aliphatic rings. The minimum atomic E-state index is -0.156. The molecule has 0 radical (unpaired) electrons. The number of halogens is 1. The molecule has 0 saturated carbocycles. The highest BCUT2D eigenvalue weighted by atomic mass is 35.5. The van der Waals surface area contributed by atoms with Crippen molar-refractivity contribution < 1.29 is 23.8 Å². The van der Waals surface area contributed by atoms with E-state index in [1.807, 2.05) is 23.1 Å². The third kappa shape index (κ3) is 4.99. The number of nitrogens with zero attached hydrogens (tertiary/aromatic N) is 3. The highest BCUT2D eigenvalue weighted by Crippen LogP contribution is 2.38. The summed E-state index contributed by atoms with van der Waals surface area (Å²) in [6, 6.07) is 5.85. The molecule has 34 heavy (non-hydrogen) atoms. The Kier molecular flexibility index (Phi) is 6.42. The molecule has 0 aromatic heterocycles. The van der Waals surface area contributed by atoms with E-state index in [9.17, 15) is 9.59 Å². The maximum absolute atomic E-state index is 12.9. The topological polar surface area (TPSA) is 71.6 Å². The van der Waals surface area contributed by atoms with Crippen molar-refractivity contribution in [1.29, 1.82) is 0 Å². The fourth-order valence-corrected chi connectivity index (χ4v) is 5.53. The van der Waals surface area contributed by atoms with Crippen molar-refractivity contribution in [3.63, 3.8) is 0 Å². The molecule has 0 N–H and O–H groups in total. The molecule has 4 heterocycles. The lowest BCUT2D eigenvalue weighted by Crippen LogP contribution is -2.61. The molecular weight excluding hydrogens is 458 g/mol. The van der Waals surface area contributed by atoms with E-state index in [0.717, 1.165) is 25.2 Å². The number of anilines is 1. The first-order valence-corrected chi connectivity index (χ1v) is 12.6. The second-order valence-electron chi connectivity index (χ2n) is 10.9. The van der Waals surface area contributed by atoms with Crippen molar-refractivity contribution in [2.45, 2.75) is 57.5 Å². The van der Waals surface area contributed by atoms with Gasteiger partial charge in [-0.05, 0) is 39.3 Å². The zero-order valence-electron chi connectivity index (χ0n) is 20.2. The molecule has 186 valence electrons. The van der Waals surface area contributed by atoms with E-state index in [1.54, 1.807) is 4.90 Å². The van der Waals surface area contributed by atoms with Gasteiger partial charge >= 0.3 is 6.03 Å². The summed E-state index contributed by atoms with van der Waals surface area (Å²) in [5.41, 5.74) is 0.795. The number of hydrogen-bond donors (Lipinski definition) is 0. The lowest BCUT2D eigenvalue weighted by atomic mass is 9.88. The Balaban J connectivity index is 1.11. The number of hydrogen-bond acceptors (Lipinski definition) is 6. The highest BCUT2D eigenvalue weighted by Gasteiger charge is 2.41. The molecule has 1 aromatic carbocycles. The largest absolute Gasteiger partial charge is 0.485 e. The highest BCUT2D eigenvalue weighted by molar-refractivity contribution is 6.34. The van der Waals surface area contributed by atoms with Crippen molar-refractivity contribution >= 4 is 29.1 Å². The third-order valence-corrected chi connectivity index (χ3v) is 7.33. The summed E-state index contributed by atoms with van der Waals surface area (Å²) in [5.74, 6) is 0.890. The minimum Gasteiger partial charge on any atom is -0.485 e. The summed E-state index contributed by atoms with van der Waals surface area (Å²) < 4.78 is 17.8. The number of Topliss-reactive ketones (excluding diaryl/α,β-unsaturated/α-hetero) is 1.